The van der Waals surface area contributed by atoms with Gasteiger partial charge in [0.1, 0.15) is 11.3 Å². The maximum atomic E-state index is 11.3. The van der Waals surface area contributed by atoms with E-state index >= 15 is 0 Å². The maximum absolute atomic E-state index is 11.3. The van der Waals surface area contributed by atoms with Crippen LogP contribution in [0.25, 0.3) is 5.65 Å². The molecule has 0 bridgehead atoms. The molecule has 0 aliphatic carbocycles. The van der Waals surface area contributed by atoms with Crippen LogP contribution >= 0.6 is 0 Å². The van der Waals surface area contributed by atoms with Gasteiger partial charge in [0.05, 0.1) is 5.69 Å². The van der Waals surface area contributed by atoms with Crippen molar-refractivity contribution in [2.45, 2.75) is 34.1 Å². The van der Waals surface area contributed by atoms with E-state index in [1.54, 1.807) is 0 Å². The Kier molecular flexibility index (Phi) is 2.77. The summed E-state index contributed by atoms with van der Waals surface area (Å²) < 4.78 is 1.92. The van der Waals surface area contributed by atoms with Crippen LogP contribution in [0.1, 0.15) is 42.6 Å². The molecular weight excluding hydrogens is 212 g/mol. The van der Waals surface area contributed by atoms with E-state index in [1.165, 1.54) is 0 Å². The molecule has 0 aliphatic rings. The van der Waals surface area contributed by atoms with Gasteiger partial charge < -0.3 is 0 Å². The zero-order chi connectivity index (χ0) is 12.6. The molecule has 17 heavy (non-hydrogen) atoms. The quantitative estimate of drug-likeness (QED) is 0.743. The molecule has 90 valence electrons. The molecule has 0 spiro atoms. The summed E-state index contributed by atoms with van der Waals surface area (Å²) in [5.41, 5.74) is 3.60. The third-order valence-corrected chi connectivity index (χ3v) is 2.76. The SMILES string of the molecule is Cc1cccc2nc(CC(C)(C)C)c(C=O)n12. The molecule has 3 heteroatoms. The fourth-order valence-electron chi connectivity index (χ4n) is 2.08. The Morgan fingerprint density at radius 3 is 2.65 bits per heavy atom. The second-order valence-corrected chi connectivity index (χ2v) is 5.66. The Morgan fingerprint density at radius 1 is 1.35 bits per heavy atom. The first-order chi connectivity index (χ1) is 7.92. The fraction of sp³-hybridized carbons (Fsp3) is 0.429. The first kappa shape index (κ1) is 11.8. The van der Waals surface area contributed by atoms with E-state index in [0.29, 0.717) is 5.69 Å². The summed E-state index contributed by atoms with van der Waals surface area (Å²) >= 11 is 0. The van der Waals surface area contributed by atoms with Crippen molar-refractivity contribution in [3.8, 4) is 0 Å². The van der Waals surface area contributed by atoms with Crippen LogP contribution < -0.4 is 0 Å². The highest BCUT2D eigenvalue weighted by atomic mass is 16.1. The van der Waals surface area contributed by atoms with Crippen LogP contribution in [-0.4, -0.2) is 15.7 Å². The molecule has 0 amide bonds. The van der Waals surface area contributed by atoms with Crippen molar-refractivity contribution in [3.63, 3.8) is 0 Å². The van der Waals surface area contributed by atoms with Crippen LogP contribution in [-0.2, 0) is 6.42 Å². The lowest BCUT2D eigenvalue weighted by Crippen LogP contribution is -2.11. The van der Waals surface area contributed by atoms with Gasteiger partial charge in [-0.2, -0.15) is 0 Å². The summed E-state index contributed by atoms with van der Waals surface area (Å²) in [6, 6.07) is 5.89. The van der Waals surface area contributed by atoms with Crippen LogP contribution in [0.3, 0.4) is 0 Å². The summed E-state index contributed by atoms with van der Waals surface area (Å²) in [7, 11) is 0. The molecule has 0 radical (unpaired) electrons. The number of carbonyl (C=O) groups excluding carboxylic acids is 1. The van der Waals surface area contributed by atoms with Gasteiger partial charge in [0.2, 0.25) is 0 Å². The van der Waals surface area contributed by atoms with Crippen LogP contribution in [0, 0.1) is 12.3 Å². The zero-order valence-electron chi connectivity index (χ0n) is 10.8. The van der Waals surface area contributed by atoms with Gasteiger partial charge in [0, 0.05) is 5.69 Å². The normalized spacial score (nSPS) is 12.0. The average Bonchev–Trinajstić information content (AvgIpc) is 2.53. The highest BCUT2D eigenvalue weighted by Crippen LogP contribution is 2.23. The number of carbonyl (C=O) groups is 1. The van der Waals surface area contributed by atoms with Crippen molar-refractivity contribution in [3.05, 3.63) is 35.3 Å². The molecule has 0 aromatic carbocycles. The lowest BCUT2D eigenvalue weighted by Gasteiger charge is -2.16. The lowest BCUT2D eigenvalue weighted by molar-refractivity contribution is 0.111. The Bertz CT molecular complexity index is 561. The van der Waals surface area contributed by atoms with E-state index in [-0.39, 0.29) is 5.41 Å². The molecule has 0 atom stereocenters. The summed E-state index contributed by atoms with van der Waals surface area (Å²) in [4.78, 5) is 15.8. The van der Waals surface area contributed by atoms with Crippen molar-refractivity contribution in [2.24, 2.45) is 5.41 Å². The molecule has 0 N–H and O–H groups in total. The monoisotopic (exact) mass is 230 g/mol. The van der Waals surface area contributed by atoms with Crippen molar-refractivity contribution < 1.29 is 4.79 Å². The van der Waals surface area contributed by atoms with Crippen LogP contribution in [0.2, 0.25) is 0 Å². The van der Waals surface area contributed by atoms with Crippen molar-refractivity contribution in [1.29, 1.82) is 0 Å². The fourth-order valence-corrected chi connectivity index (χ4v) is 2.08. The number of imidazole rings is 1. The topological polar surface area (TPSA) is 34.4 Å². The average molecular weight is 230 g/mol. The van der Waals surface area contributed by atoms with E-state index in [2.05, 4.69) is 25.8 Å². The van der Waals surface area contributed by atoms with Gasteiger partial charge in [0.25, 0.3) is 0 Å². The minimum Gasteiger partial charge on any atom is -0.296 e. The highest BCUT2D eigenvalue weighted by Gasteiger charge is 2.19. The smallest absolute Gasteiger partial charge is 0.168 e. The minimum absolute atomic E-state index is 0.129. The number of nitrogens with zero attached hydrogens (tertiary/aromatic N) is 2. The van der Waals surface area contributed by atoms with Gasteiger partial charge >= 0.3 is 0 Å². The van der Waals surface area contributed by atoms with Gasteiger partial charge in [-0.25, -0.2) is 4.98 Å². The Morgan fingerprint density at radius 2 is 2.06 bits per heavy atom. The number of fused-ring (bicyclic) bond motifs is 1. The van der Waals surface area contributed by atoms with Gasteiger partial charge in [-0.1, -0.05) is 26.8 Å². The van der Waals surface area contributed by atoms with Crippen LogP contribution in [0.15, 0.2) is 18.2 Å². The number of aromatic nitrogens is 2. The van der Waals surface area contributed by atoms with E-state index in [1.807, 2.05) is 29.5 Å². The summed E-state index contributed by atoms with van der Waals surface area (Å²) in [5, 5.41) is 0. The molecule has 0 saturated heterocycles. The van der Waals surface area contributed by atoms with E-state index in [4.69, 9.17) is 0 Å². The number of aryl methyl sites for hydroxylation is 1. The zero-order valence-corrected chi connectivity index (χ0v) is 10.8. The highest BCUT2D eigenvalue weighted by molar-refractivity contribution is 5.76. The van der Waals surface area contributed by atoms with E-state index < -0.39 is 0 Å². The lowest BCUT2D eigenvalue weighted by atomic mass is 9.90. The van der Waals surface area contributed by atoms with Gasteiger partial charge in [0.15, 0.2) is 6.29 Å². The Labute approximate surface area is 101 Å². The minimum atomic E-state index is 0.129. The molecular formula is C14H18N2O. The van der Waals surface area contributed by atoms with Crippen molar-refractivity contribution in [1.82, 2.24) is 9.38 Å². The first-order valence-electron chi connectivity index (χ1n) is 5.84. The largest absolute Gasteiger partial charge is 0.296 e. The molecule has 0 fully saturated rings. The molecule has 2 aromatic rings. The molecule has 3 nitrogen and oxygen atoms in total. The van der Waals surface area contributed by atoms with Gasteiger partial charge in [-0.3, -0.25) is 9.20 Å². The van der Waals surface area contributed by atoms with Crippen molar-refractivity contribution >= 4 is 11.9 Å². The summed E-state index contributed by atoms with van der Waals surface area (Å²) in [6.45, 7) is 8.44. The molecule has 0 aliphatic heterocycles. The van der Waals surface area contributed by atoms with Crippen molar-refractivity contribution in [2.75, 3.05) is 0 Å². The second-order valence-electron chi connectivity index (χ2n) is 5.66. The number of pyridine rings is 1. The first-order valence-corrected chi connectivity index (χ1v) is 5.84. The van der Waals surface area contributed by atoms with Crippen LogP contribution in [0.5, 0.6) is 0 Å². The predicted octanol–water partition coefficient (Wildman–Crippen LogP) is 3.04. The molecule has 2 aromatic heterocycles. The summed E-state index contributed by atoms with van der Waals surface area (Å²) in [6.07, 6.45) is 1.72. The van der Waals surface area contributed by atoms with E-state index in [9.17, 15) is 4.79 Å². The number of hydrogen-bond acceptors (Lipinski definition) is 2. The number of rotatable bonds is 2. The Balaban J connectivity index is 2.65. The predicted molar refractivity (Wildman–Crippen MR) is 68.5 cm³/mol. The second kappa shape index (κ2) is 3.99. The standard InChI is InChI=1S/C14H18N2O/c1-10-6-5-7-13-15-11(8-14(2,3)4)12(9-17)16(10)13/h5-7,9H,8H2,1-4H3. The molecule has 2 rings (SSSR count). The third kappa shape index (κ3) is 2.23. The molecule has 2 heterocycles. The summed E-state index contributed by atoms with van der Waals surface area (Å²) in [5.74, 6) is 0. The Hall–Kier alpha value is -1.64. The van der Waals surface area contributed by atoms with Gasteiger partial charge in [-0.15, -0.1) is 0 Å². The van der Waals surface area contributed by atoms with Gasteiger partial charge in [-0.05, 0) is 30.9 Å². The number of hydrogen-bond donors (Lipinski definition) is 0. The van der Waals surface area contributed by atoms with E-state index in [0.717, 1.165) is 29.7 Å². The maximum Gasteiger partial charge on any atom is 0.168 e. The number of aldehydes is 1. The third-order valence-electron chi connectivity index (χ3n) is 2.76. The molecule has 0 saturated carbocycles. The van der Waals surface area contributed by atoms with Crippen LogP contribution in [0.4, 0.5) is 0 Å². The molecule has 0 unspecified atom stereocenters.